The number of hydrogen-bond acceptors (Lipinski definition) is 3. The normalized spacial score (nSPS) is 17.8. The lowest BCUT2D eigenvalue weighted by Gasteiger charge is -2.14. The molecule has 1 aromatic rings. The minimum atomic E-state index is 0.127. The predicted octanol–water partition coefficient (Wildman–Crippen LogP) is 1.45. The largest absolute Gasteiger partial charge is 0.397 e. The fraction of sp³-hybridized carbons (Fsp3) is 0.455. The third-order valence-corrected chi connectivity index (χ3v) is 2.91. The minimum absolute atomic E-state index is 0.127. The summed E-state index contributed by atoms with van der Waals surface area (Å²) in [4.78, 5) is 0. The van der Waals surface area contributed by atoms with Crippen molar-refractivity contribution in [2.24, 2.45) is 5.41 Å². The molecule has 3 heteroatoms. The van der Waals surface area contributed by atoms with Crippen LogP contribution in [0.25, 0.3) is 0 Å². The molecule has 0 amide bonds. The molecule has 1 saturated carbocycles. The monoisotopic (exact) mass is 192 g/mol. The molecule has 1 aliphatic rings. The van der Waals surface area contributed by atoms with E-state index in [1.807, 2.05) is 24.3 Å². The Bertz CT molecular complexity index is 321. The van der Waals surface area contributed by atoms with Gasteiger partial charge in [0.2, 0.25) is 0 Å². The number of nitrogens with one attached hydrogen (secondary N) is 1. The summed E-state index contributed by atoms with van der Waals surface area (Å²) in [7, 11) is 0. The number of nitrogen functional groups attached to an aromatic ring is 1. The third-order valence-electron chi connectivity index (χ3n) is 2.91. The van der Waals surface area contributed by atoms with E-state index in [4.69, 9.17) is 10.8 Å². The van der Waals surface area contributed by atoms with Crippen LogP contribution >= 0.6 is 0 Å². The van der Waals surface area contributed by atoms with E-state index in [0.717, 1.165) is 30.8 Å². The average Bonchev–Trinajstić information content (AvgIpc) is 2.98. The second kappa shape index (κ2) is 3.50. The number of para-hydroxylation sites is 2. The van der Waals surface area contributed by atoms with Crippen molar-refractivity contribution >= 4 is 11.4 Å². The number of aliphatic hydroxyl groups is 1. The van der Waals surface area contributed by atoms with Gasteiger partial charge in [0.25, 0.3) is 0 Å². The molecule has 4 N–H and O–H groups in total. The standard InChI is InChI=1S/C11H16N2O/c12-9-3-1-2-4-10(9)13-7-11(8-14)5-6-11/h1-4,13-14H,5-8,12H2. The van der Waals surface area contributed by atoms with Crippen molar-refractivity contribution in [3.8, 4) is 0 Å². The zero-order chi connectivity index (χ0) is 10.0. The number of hydrogen-bond donors (Lipinski definition) is 3. The Labute approximate surface area is 83.9 Å². The van der Waals surface area contributed by atoms with Gasteiger partial charge in [-0.25, -0.2) is 0 Å². The van der Waals surface area contributed by atoms with Crippen LogP contribution < -0.4 is 11.1 Å². The third kappa shape index (κ3) is 1.82. The summed E-state index contributed by atoms with van der Waals surface area (Å²) >= 11 is 0. The SMILES string of the molecule is Nc1ccccc1NCC1(CO)CC1. The van der Waals surface area contributed by atoms with Gasteiger partial charge < -0.3 is 16.2 Å². The molecule has 1 fully saturated rings. The lowest BCUT2D eigenvalue weighted by Crippen LogP contribution is -2.19. The van der Waals surface area contributed by atoms with Gasteiger partial charge in [0.05, 0.1) is 18.0 Å². The van der Waals surface area contributed by atoms with E-state index < -0.39 is 0 Å². The fourth-order valence-corrected chi connectivity index (χ4v) is 1.51. The number of rotatable bonds is 4. The quantitative estimate of drug-likeness (QED) is 0.633. The van der Waals surface area contributed by atoms with Crippen LogP contribution in [0.4, 0.5) is 11.4 Å². The van der Waals surface area contributed by atoms with Crippen LogP contribution in [0.1, 0.15) is 12.8 Å². The molecule has 0 radical (unpaired) electrons. The second-order valence-corrected chi connectivity index (χ2v) is 4.10. The van der Waals surface area contributed by atoms with E-state index in [1.165, 1.54) is 0 Å². The van der Waals surface area contributed by atoms with E-state index in [2.05, 4.69) is 5.32 Å². The van der Waals surface area contributed by atoms with Crippen molar-refractivity contribution in [1.82, 2.24) is 0 Å². The highest BCUT2D eigenvalue weighted by Gasteiger charge is 2.41. The maximum atomic E-state index is 9.13. The summed E-state index contributed by atoms with van der Waals surface area (Å²) in [5.41, 5.74) is 7.64. The van der Waals surface area contributed by atoms with E-state index in [1.54, 1.807) is 0 Å². The average molecular weight is 192 g/mol. The molecule has 2 rings (SSSR count). The first-order valence-corrected chi connectivity index (χ1v) is 4.95. The lowest BCUT2D eigenvalue weighted by atomic mass is 10.1. The van der Waals surface area contributed by atoms with Crippen LogP contribution in [-0.2, 0) is 0 Å². The van der Waals surface area contributed by atoms with Gasteiger partial charge in [-0.1, -0.05) is 12.1 Å². The molecular weight excluding hydrogens is 176 g/mol. The Morgan fingerprint density at radius 2 is 2.07 bits per heavy atom. The highest BCUT2D eigenvalue weighted by atomic mass is 16.3. The topological polar surface area (TPSA) is 58.3 Å². The van der Waals surface area contributed by atoms with Gasteiger partial charge in [0.1, 0.15) is 0 Å². The van der Waals surface area contributed by atoms with Gasteiger partial charge in [-0.15, -0.1) is 0 Å². The van der Waals surface area contributed by atoms with Crippen LogP contribution in [-0.4, -0.2) is 18.3 Å². The maximum Gasteiger partial charge on any atom is 0.0574 e. The zero-order valence-electron chi connectivity index (χ0n) is 8.16. The Morgan fingerprint density at radius 3 is 2.64 bits per heavy atom. The summed E-state index contributed by atoms with van der Waals surface area (Å²) in [5, 5.41) is 12.4. The Kier molecular flexibility index (Phi) is 2.33. The number of anilines is 2. The molecule has 76 valence electrons. The first kappa shape index (κ1) is 9.34. The summed E-state index contributed by atoms with van der Waals surface area (Å²) in [6, 6.07) is 7.71. The Hall–Kier alpha value is -1.22. The van der Waals surface area contributed by atoms with Crippen LogP contribution in [0.2, 0.25) is 0 Å². The molecule has 0 spiro atoms. The van der Waals surface area contributed by atoms with Crippen LogP contribution in [0.15, 0.2) is 24.3 Å². The van der Waals surface area contributed by atoms with E-state index in [0.29, 0.717) is 0 Å². The molecule has 0 aliphatic heterocycles. The highest BCUT2D eigenvalue weighted by molar-refractivity contribution is 5.65. The van der Waals surface area contributed by atoms with Gasteiger partial charge >= 0.3 is 0 Å². The van der Waals surface area contributed by atoms with E-state index in [-0.39, 0.29) is 12.0 Å². The molecule has 1 aromatic carbocycles. The smallest absolute Gasteiger partial charge is 0.0574 e. The first-order chi connectivity index (χ1) is 6.76. The van der Waals surface area contributed by atoms with Crippen molar-refractivity contribution in [2.75, 3.05) is 24.2 Å². The molecule has 0 aromatic heterocycles. The molecule has 0 bridgehead atoms. The van der Waals surface area contributed by atoms with Crippen molar-refractivity contribution in [1.29, 1.82) is 0 Å². The van der Waals surface area contributed by atoms with Gasteiger partial charge in [-0.3, -0.25) is 0 Å². The molecule has 0 saturated heterocycles. The van der Waals surface area contributed by atoms with Gasteiger partial charge in [-0.05, 0) is 25.0 Å². The minimum Gasteiger partial charge on any atom is -0.397 e. The van der Waals surface area contributed by atoms with Gasteiger partial charge in [0, 0.05) is 12.0 Å². The molecule has 14 heavy (non-hydrogen) atoms. The summed E-state index contributed by atoms with van der Waals surface area (Å²) in [5.74, 6) is 0. The summed E-state index contributed by atoms with van der Waals surface area (Å²) in [6.07, 6.45) is 2.23. The first-order valence-electron chi connectivity index (χ1n) is 4.95. The molecule has 0 unspecified atom stereocenters. The molecule has 0 atom stereocenters. The van der Waals surface area contributed by atoms with Gasteiger partial charge in [-0.2, -0.15) is 0 Å². The second-order valence-electron chi connectivity index (χ2n) is 4.10. The van der Waals surface area contributed by atoms with Crippen LogP contribution in [0.3, 0.4) is 0 Å². The van der Waals surface area contributed by atoms with Crippen molar-refractivity contribution in [3.05, 3.63) is 24.3 Å². The molecule has 0 heterocycles. The summed E-state index contributed by atoms with van der Waals surface area (Å²) in [6.45, 7) is 1.09. The summed E-state index contributed by atoms with van der Waals surface area (Å²) < 4.78 is 0. The Balaban J connectivity index is 1.95. The fourth-order valence-electron chi connectivity index (χ4n) is 1.51. The highest BCUT2D eigenvalue weighted by Crippen LogP contribution is 2.45. The van der Waals surface area contributed by atoms with E-state index >= 15 is 0 Å². The number of benzene rings is 1. The predicted molar refractivity (Wildman–Crippen MR) is 58.1 cm³/mol. The molecule has 3 nitrogen and oxygen atoms in total. The van der Waals surface area contributed by atoms with Gasteiger partial charge in [0.15, 0.2) is 0 Å². The lowest BCUT2D eigenvalue weighted by molar-refractivity contribution is 0.220. The molecule has 1 aliphatic carbocycles. The molecular formula is C11H16N2O. The van der Waals surface area contributed by atoms with E-state index in [9.17, 15) is 0 Å². The van der Waals surface area contributed by atoms with Crippen molar-refractivity contribution < 1.29 is 5.11 Å². The number of nitrogens with two attached hydrogens (primary N) is 1. The van der Waals surface area contributed by atoms with Crippen molar-refractivity contribution in [3.63, 3.8) is 0 Å². The maximum absolute atomic E-state index is 9.13. The Morgan fingerprint density at radius 1 is 1.36 bits per heavy atom. The zero-order valence-corrected chi connectivity index (χ0v) is 8.16. The van der Waals surface area contributed by atoms with Crippen LogP contribution in [0, 0.1) is 5.41 Å². The van der Waals surface area contributed by atoms with Crippen LogP contribution in [0.5, 0.6) is 0 Å². The van der Waals surface area contributed by atoms with Crippen molar-refractivity contribution in [2.45, 2.75) is 12.8 Å². The number of aliphatic hydroxyl groups excluding tert-OH is 1.